The number of carbonyl (C=O) groups is 1. The van der Waals surface area contributed by atoms with Crippen LogP contribution in [0.2, 0.25) is 0 Å². The van der Waals surface area contributed by atoms with Crippen molar-refractivity contribution < 1.29 is 9.53 Å². The van der Waals surface area contributed by atoms with Crippen LogP contribution in [-0.4, -0.2) is 22.4 Å². The summed E-state index contributed by atoms with van der Waals surface area (Å²) in [6.45, 7) is 3.46. The fraction of sp³-hybridized carbons (Fsp3) is 0.385. The van der Waals surface area contributed by atoms with Gasteiger partial charge in [-0.3, -0.25) is 4.68 Å². The highest BCUT2D eigenvalue weighted by atomic mass is 79.9. The predicted molar refractivity (Wildman–Crippen MR) is 81.7 cm³/mol. The number of aromatic nitrogens is 2. The van der Waals surface area contributed by atoms with E-state index in [1.807, 2.05) is 18.5 Å². The Balaban J connectivity index is 2.00. The smallest absolute Gasteiger partial charge is 0.341 e. The number of hydrogen-bond acceptors (Lipinski definition) is 5. The third kappa shape index (κ3) is 3.47. The first kappa shape index (κ1) is 15.2. The molecule has 0 aromatic carbocycles. The molecule has 0 radical (unpaired) electrons. The first-order valence-electron chi connectivity index (χ1n) is 6.24. The van der Waals surface area contributed by atoms with E-state index in [1.165, 1.54) is 4.88 Å². The number of halogens is 1. The summed E-state index contributed by atoms with van der Waals surface area (Å²) < 4.78 is 7.83. The van der Waals surface area contributed by atoms with Crippen molar-refractivity contribution in [1.29, 1.82) is 0 Å². The van der Waals surface area contributed by atoms with Gasteiger partial charge in [0.2, 0.25) is 0 Å². The van der Waals surface area contributed by atoms with E-state index in [1.54, 1.807) is 29.1 Å². The zero-order valence-electron chi connectivity index (χ0n) is 11.4. The molecule has 2 aromatic rings. The molecule has 2 rings (SSSR count). The Hall–Kier alpha value is -1.18. The molecule has 0 aliphatic carbocycles. The van der Waals surface area contributed by atoms with E-state index in [0.29, 0.717) is 18.7 Å². The van der Waals surface area contributed by atoms with Crippen LogP contribution in [0.5, 0.6) is 0 Å². The van der Waals surface area contributed by atoms with Gasteiger partial charge in [0.05, 0.1) is 18.5 Å². The zero-order valence-corrected chi connectivity index (χ0v) is 13.8. The maximum atomic E-state index is 11.8. The minimum atomic E-state index is -0.324. The van der Waals surface area contributed by atoms with Gasteiger partial charge in [-0.25, -0.2) is 4.79 Å². The Morgan fingerprint density at radius 1 is 1.55 bits per heavy atom. The molecule has 0 aliphatic rings. The molecule has 0 spiro atoms. The molecule has 0 bridgehead atoms. The average Bonchev–Trinajstić information content (AvgIpc) is 2.98. The second-order valence-electron chi connectivity index (χ2n) is 4.14. The van der Waals surface area contributed by atoms with Crippen molar-refractivity contribution >= 4 is 33.2 Å². The molecular formula is C13H16BrN3O2S. The van der Waals surface area contributed by atoms with E-state index in [4.69, 9.17) is 4.74 Å². The van der Waals surface area contributed by atoms with Crippen LogP contribution < -0.4 is 5.32 Å². The summed E-state index contributed by atoms with van der Waals surface area (Å²) in [5.74, 6) is -0.324. The van der Waals surface area contributed by atoms with Gasteiger partial charge in [-0.1, -0.05) is 0 Å². The normalized spacial score (nSPS) is 10.8. The van der Waals surface area contributed by atoms with Crippen LogP contribution in [0, 0.1) is 0 Å². The van der Waals surface area contributed by atoms with Crippen LogP contribution in [0.4, 0.5) is 0 Å². The molecule has 108 valence electrons. The molecule has 0 saturated heterocycles. The molecule has 5 nitrogen and oxygen atoms in total. The van der Waals surface area contributed by atoms with Gasteiger partial charge < -0.3 is 10.1 Å². The molecule has 0 atom stereocenters. The summed E-state index contributed by atoms with van der Waals surface area (Å²) in [4.78, 5) is 13.0. The van der Waals surface area contributed by atoms with Crippen molar-refractivity contribution in [1.82, 2.24) is 15.1 Å². The number of nitrogens with one attached hydrogen (secondary N) is 1. The third-order valence-corrected chi connectivity index (χ3v) is 4.75. The molecule has 20 heavy (non-hydrogen) atoms. The Labute approximate surface area is 130 Å². The van der Waals surface area contributed by atoms with E-state index in [-0.39, 0.29) is 5.97 Å². The standard InChI is InChI=1S/C13H16BrN3O2S/c1-3-19-13(18)9-6-16-17(2)11(9)7-15-8-12-10(14)4-5-20-12/h4-6,15H,3,7-8H2,1-2H3. The van der Waals surface area contributed by atoms with Crippen molar-refractivity contribution in [2.75, 3.05) is 6.61 Å². The Morgan fingerprint density at radius 2 is 2.35 bits per heavy atom. The largest absolute Gasteiger partial charge is 0.462 e. The van der Waals surface area contributed by atoms with Gasteiger partial charge in [-0.05, 0) is 34.3 Å². The van der Waals surface area contributed by atoms with E-state index in [0.717, 1.165) is 16.7 Å². The molecule has 0 unspecified atom stereocenters. The maximum Gasteiger partial charge on any atom is 0.341 e. The topological polar surface area (TPSA) is 56.1 Å². The van der Waals surface area contributed by atoms with Gasteiger partial charge >= 0.3 is 5.97 Å². The monoisotopic (exact) mass is 357 g/mol. The summed E-state index contributed by atoms with van der Waals surface area (Å²) in [5.41, 5.74) is 1.35. The summed E-state index contributed by atoms with van der Waals surface area (Å²) in [6.07, 6.45) is 1.55. The van der Waals surface area contributed by atoms with Crippen LogP contribution in [0.3, 0.4) is 0 Å². The SMILES string of the molecule is CCOC(=O)c1cnn(C)c1CNCc1sccc1Br. The molecular weight excluding hydrogens is 342 g/mol. The Bertz CT molecular complexity index is 594. The van der Waals surface area contributed by atoms with E-state index >= 15 is 0 Å². The minimum absolute atomic E-state index is 0.324. The van der Waals surface area contributed by atoms with E-state index in [2.05, 4.69) is 26.3 Å². The van der Waals surface area contributed by atoms with Crippen molar-refractivity contribution in [3.8, 4) is 0 Å². The van der Waals surface area contributed by atoms with Crippen LogP contribution in [0.1, 0.15) is 27.9 Å². The highest BCUT2D eigenvalue weighted by Gasteiger charge is 2.16. The summed E-state index contributed by atoms with van der Waals surface area (Å²) in [7, 11) is 1.82. The number of hydrogen-bond donors (Lipinski definition) is 1. The minimum Gasteiger partial charge on any atom is -0.462 e. The lowest BCUT2D eigenvalue weighted by atomic mass is 10.2. The molecule has 0 saturated carbocycles. The number of carbonyl (C=O) groups excluding carboxylic acids is 1. The van der Waals surface area contributed by atoms with Crippen LogP contribution in [0.25, 0.3) is 0 Å². The third-order valence-electron chi connectivity index (χ3n) is 2.83. The Morgan fingerprint density at radius 3 is 3.00 bits per heavy atom. The van der Waals surface area contributed by atoms with E-state index in [9.17, 15) is 4.79 Å². The maximum absolute atomic E-state index is 11.8. The van der Waals surface area contributed by atoms with Gasteiger partial charge in [-0.2, -0.15) is 5.10 Å². The van der Waals surface area contributed by atoms with Crippen LogP contribution in [-0.2, 0) is 24.9 Å². The first-order valence-corrected chi connectivity index (χ1v) is 7.91. The fourth-order valence-electron chi connectivity index (χ4n) is 1.80. The molecule has 0 aliphatic heterocycles. The second kappa shape index (κ2) is 7.01. The highest BCUT2D eigenvalue weighted by molar-refractivity contribution is 9.10. The number of esters is 1. The van der Waals surface area contributed by atoms with Gasteiger partial charge in [0.15, 0.2) is 0 Å². The average molecular weight is 358 g/mol. The van der Waals surface area contributed by atoms with Crippen LogP contribution in [0.15, 0.2) is 22.1 Å². The number of aryl methyl sites for hydroxylation is 1. The summed E-state index contributed by atoms with van der Waals surface area (Å²) in [6, 6.07) is 2.02. The zero-order chi connectivity index (χ0) is 14.5. The quantitative estimate of drug-likeness (QED) is 0.807. The molecule has 2 aromatic heterocycles. The number of thiophene rings is 1. The number of rotatable bonds is 6. The van der Waals surface area contributed by atoms with Crippen LogP contribution >= 0.6 is 27.3 Å². The Kier molecular flexibility index (Phi) is 5.33. The van der Waals surface area contributed by atoms with E-state index < -0.39 is 0 Å². The lowest BCUT2D eigenvalue weighted by Gasteiger charge is -2.07. The van der Waals surface area contributed by atoms with Crippen molar-refractivity contribution in [3.63, 3.8) is 0 Å². The summed E-state index contributed by atoms with van der Waals surface area (Å²) in [5, 5.41) is 9.48. The fourth-order valence-corrected chi connectivity index (χ4v) is 3.26. The lowest BCUT2D eigenvalue weighted by Crippen LogP contribution is -2.18. The first-order chi connectivity index (χ1) is 9.63. The van der Waals surface area contributed by atoms with Crippen molar-refractivity contribution in [3.05, 3.63) is 38.3 Å². The van der Waals surface area contributed by atoms with Gasteiger partial charge in [0.25, 0.3) is 0 Å². The van der Waals surface area contributed by atoms with Gasteiger partial charge in [0.1, 0.15) is 5.56 Å². The highest BCUT2D eigenvalue weighted by Crippen LogP contribution is 2.22. The molecule has 0 fully saturated rings. The number of nitrogens with zero attached hydrogens (tertiary/aromatic N) is 2. The predicted octanol–water partition coefficient (Wildman–Crippen LogP) is 2.71. The number of ether oxygens (including phenoxy) is 1. The lowest BCUT2D eigenvalue weighted by molar-refractivity contribution is 0.0524. The second-order valence-corrected chi connectivity index (χ2v) is 6.00. The summed E-state index contributed by atoms with van der Waals surface area (Å²) >= 11 is 5.18. The van der Waals surface area contributed by atoms with Crippen molar-refractivity contribution in [2.45, 2.75) is 20.0 Å². The molecule has 2 heterocycles. The molecule has 7 heteroatoms. The molecule has 0 amide bonds. The van der Waals surface area contributed by atoms with Gasteiger partial charge in [0, 0.05) is 29.5 Å². The molecule has 1 N–H and O–H groups in total. The van der Waals surface area contributed by atoms with Crippen molar-refractivity contribution in [2.24, 2.45) is 7.05 Å². The van der Waals surface area contributed by atoms with Gasteiger partial charge in [-0.15, -0.1) is 11.3 Å².